The van der Waals surface area contributed by atoms with Gasteiger partial charge in [-0.3, -0.25) is 0 Å². The summed E-state index contributed by atoms with van der Waals surface area (Å²) in [5.74, 6) is 1.70. The third-order valence-electron chi connectivity index (χ3n) is 3.05. The van der Waals surface area contributed by atoms with Crippen LogP contribution in [0.1, 0.15) is 11.3 Å². The Hall–Kier alpha value is -2.00. The van der Waals surface area contributed by atoms with Crippen LogP contribution in [0.25, 0.3) is 23.1 Å². The minimum atomic E-state index is 0.842. The number of ether oxygens (including phenoxy) is 1. The van der Waals surface area contributed by atoms with Gasteiger partial charge in [0.25, 0.3) is 0 Å². The molecule has 3 rings (SSSR count). The molecule has 1 heterocycles. The summed E-state index contributed by atoms with van der Waals surface area (Å²) < 4.78 is 11.9. The van der Waals surface area contributed by atoms with Crippen molar-refractivity contribution in [3.8, 4) is 5.75 Å². The van der Waals surface area contributed by atoms with Crippen LogP contribution < -0.4 is 4.74 Å². The summed E-state index contributed by atoms with van der Waals surface area (Å²) in [6, 6.07) is 15.9. The zero-order valence-corrected chi connectivity index (χ0v) is 12.6. The van der Waals surface area contributed by atoms with E-state index in [1.165, 1.54) is 0 Å². The van der Waals surface area contributed by atoms with Crippen LogP contribution in [0.3, 0.4) is 0 Å². The van der Waals surface area contributed by atoms with Crippen LogP contribution in [-0.2, 0) is 0 Å². The Kier molecular flexibility index (Phi) is 3.61. The normalized spacial score (nSPS) is 11.3. The van der Waals surface area contributed by atoms with Gasteiger partial charge in [-0.25, -0.2) is 0 Å². The average molecular weight is 329 g/mol. The van der Waals surface area contributed by atoms with Crippen LogP contribution in [-0.4, -0.2) is 7.11 Å². The molecular weight excluding hydrogens is 316 g/mol. The quantitative estimate of drug-likeness (QED) is 0.644. The maximum atomic E-state index is 5.76. The number of halogens is 1. The van der Waals surface area contributed by atoms with Gasteiger partial charge in [0.1, 0.15) is 17.1 Å². The van der Waals surface area contributed by atoms with Crippen molar-refractivity contribution in [3.05, 3.63) is 64.3 Å². The molecule has 1 aromatic heterocycles. The summed E-state index contributed by atoms with van der Waals surface area (Å²) in [5.41, 5.74) is 2.00. The van der Waals surface area contributed by atoms with Crippen LogP contribution in [0.5, 0.6) is 5.75 Å². The molecular formula is C17H13BrO2. The van der Waals surface area contributed by atoms with E-state index >= 15 is 0 Å². The van der Waals surface area contributed by atoms with Gasteiger partial charge in [0, 0.05) is 9.86 Å². The Morgan fingerprint density at radius 1 is 1.00 bits per heavy atom. The molecule has 0 spiro atoms. The minimum absolute atomic E-state index is 0.842. The van der Waals surface area contributed by atoms with E-state index in [2.05, 4.69) is 15.9 Å². The molecule has 0 N–H and O–H groups in total. The second kappa shape index (κ2) is 5.55. The van der Waals surface area contributed by atoms with Crippen molar-refractivity contribution in [1.29, 1.82) is 0 Å². The minimum Gasteiger partial charge on any atom is -0.497 e. The summed E-state index contributed by atoms with van der Waals surface area (Å²) in [6.07, 6.45) is 3.99. The van der Waals surface area contributed by atoms with Crippen molar-refractivity contribution in [1.82, 2.24) is 0 Å². The molecule has 0 saturated heterocycles. The van der Waals surface area contributed by atoms with Crippen molar-refractivity contribution in [2.75, 3.05) is 7.11 Å². The Balaban J connectivity index is 1.85. The molecule has 0 aliphatic carbocycles. The Morgan fingerprint density at radius 2 is 1.80 bits per heavy atom. The van der Waals surface area contributed by atoms with Crippen LogP contribution in [0.4, 0.5) is 0 Å². The second-order valence-corrected chi connectivity index (χ2v) is 5.35. The molecule has 0 amide bonds. The molecule has 0 aliphatic heterocycles. The Bertz CT molecular complexity index is 754. The summed E-state index contributed by atoms with van der Waals surface area (Å²) in [6.45, 7) is 0. The van der Waals surface area contributed by atoms with Gasteiger partial charge in [-0.15, -0.1) is 0 Å². The van der Waals surface area contributed by atoms with E-state index in [1.54, 1.807) is 7.11 Å². The smallest absolute Gasteiger partial charge is 0.134 e. The highest BCUT2D eigenvalue weighted by Gasteiger charge is 2.01. The van der Waals surface area contributed by atoms with E-state index in [9.17, 15) is 0 Å². The lowest BCUT2D eigenvalue weighted by atomic mass is 10.2. The summed E-state index contributed by atoms with van der Waals surface area (Å²) >= 11 is 3.46. The number of hydrogen-bond donors (Lipinski definition) is 0. The van der Waals surface area contributed by atoms with Gasteiger partial charge in [0.05, 0.1) is 7.11 Å². The van der Waals surface area contributed by atoms with Crippen molar-refractivity contribution in [2.45, 2.75) is 0 Å². The van der Waals surface area contributed by atoms with Gasteiger partial charge < -0.3 is 9.15 Å². The molecule has 3 heteroatoms. The van der Waals surface area contributed by atoms with Gasteiger partial charge in [-0.1, -0.05) is 34.1 Å². The van der Waals surface area contributed by atoms with E-state index in [0.29, 0.717) is 0 Å². The molecule has 0 bridgehead atoms. The first-order valence-corrected chi connectivity index (χ1v) is 7.05. The first-order valence-electron chi connectivity index (χ1n) is 6.26. The molecule has 2 aromatic carbocycles. The monoisotopic (exact) mass is 328 g/mol. The van der Waals surface area contributed by atoms with Crippen molar-refractivity contribution in [3.63, 3.8) is 0 Å². The molecule has 0 atom stereocenters. The summed E-state index contributed by atoms with van der Waals surface area (Å²) in [5, 5.41) is 1.09. The topological polar surface area (TPSA) is 22.4 Å². The van der Waals surface area contributed by atoms with Gasteiger partial charge in [-0.05, 0) is 48.0 Å². The first-order chi connectivity index (χ1) is 9.74. The van der Waals surface area contributed by atoms with E-state index in [0.717, 1.165) is 32.5 Å². The predicted octanol–water partition coefficient (Wildman–Crippen LogP) is 5.37. The maximum Gasteiger partial charge on any atom is 0.134 e. The third-order valence-corrected chi connectivity index (χ3v) is 3.55. The van der Waals surface area contributed by atoms with Crippen molar-refractivity contribution >= 4 is 39.1 Å². The Labute approximate surface area is 125 Å². The lowest BCUT2D eigenvalue weighted by Crippen LogP contribution is -1.81. The molecule has 20 heavy (non-hydrogen) atoms. The SMILES string of the molecule is COc1ccc(/C=C/c2cc3cc(Br)ccc3o2)cc1. The fourth-order valence-electron chi connectivity index (χ4n) is 2.01. The van der Waals surface area contributed by atoms with E-state index in [1.807, 2.05) is 60.7 Å². The molecule has 0 unspecified atom stereocenters. The van der Waals surface area contributed by atoms with Gasteiger partial charge in [-0.2, -0.15) is 0 Å². The van der Waals surface area contributed by atoms with Crippen LogP contribution in [0.15, 0.2) is 57.4 Å². The summed E-state index contributed by atoms with van der Waals surface area (Å²) in [7, 11) is 1.66. The van der Waals surface area contributed by atoms with E-state index in [4.69, 9.17) is 9.15 Å². The molecule has 0 saturated carbocycles. The number of furan rings is 1. The summed E-state index contributed by atoms with van der Waals surface area (Å²) in [4.78, 5) is 0. The van der Waals surface area contributed by atoms with Crippen molar-refractivity contribution in [2.24, 2.45) is 0 Å². The molecule has 2 nitrogen and oxygen atoms in total. The predicted molar refractivity (Wildman–Crippen MR) is 85.8 cm³/mol. The zero-order valence-electron chi connectivity index (χ0n) is 11.0. The first kappa shape index (κ1) is 13.0. The standard InChI is InChI=1S/C17H13BrO2/c1-19-15-6-2-12(3-7-15)4-8-16-11-13-10-14(18)5-9-17(13)20-16/h2-11H,1H3/b8-4+. The van der Waals surface area contributed by atoms with Crippen LogP contribution in [0.2, 0.25) is 0 Å². The Morgan fingerprint density at radius 3 is 2.55 bits per heavy atom. The van der Waals surface area contributed by atoms with Gasteiger partial charge >= 0.3 is 0 Å². The lowest BCUT2D eigenvalue weighted by Gasteiger charge is -1.98. The third kappa shape index (κ3) is 2.78. The molecule has 0 aliphatic rings. The van der Waals surface area contributed by atoms with E-state index < -0.39 is 0 Å². The number of methoxy groups -OCH3 is 1. The fourth-order valence-corrected chi connectivity index (χ4v) is 2.39. The number of benzene rings is 2. The average Bonchev–Trinajstić information content (AvgIpc) is 2.87. The van der Waals surface area contributed by atoms with Crippen LogP contribution >= 0.6 is 15.9 Å². The van der Waals surface area contributed by atoms with Gasteiger partial charge in [0.15, 0.2) is 0 Å². The fraction of sp³-hybridized carbons (Fsp3) is 0.0588. The molecule has 100 valence electrons. The number of fused-ring (bicyclic) bond motifs is 1. The highest BCUT2D eigenvalue weighted by atomic mass is 79.9. The zero-order chi connectivity index (χ0) is 13.9. The molecule has 0 fully saturated rings. The lowest BCUT2D eigenvalue weighted by molar-refractivity contribution is 0.415. The highest BCUT2D eigenvalue weighted by Crippen LogP contribution is 2.24. The molecule has 3 aromatic rings. The van der Waals surface area contributed by atoms with E-state index in [-0.39, 0.29) is 0 Å². The van der Waals surface area contributed by atoms with Crippen LogP contribution in [0, 0.1) is 0 Å². The van der Waals surface area contributed by atoms with Gasteiger partial charge in [0.2, 0.25) is 0 Å². The van der Waals surface area contributed by atoms with Crippen molar-refractivity contribution < 1.29 is 9.15 Å². The molecule has 0 radical (unpaired) electrons. The number of hydrogen-bond acceptors (Lipinski definition) is 2. The maximum absolute atomic E-state index is 5.76. The highest BCUT2D eigenvalue weighted by molar-refractivity contribution is 9.10. The second-order valence-electron chi connectivity index (χ2n) is 4.44. The number of rotatable bonds is 3. The largest absolute Gasteiger partial charge is 0.497 e.